The van der Waals surface area contributed by atoms with Gasteiger partial charge in [0.25, 0.3) is 0 Å². The number of hydrogen-bond acceptors (Lipinski definition) is 2. The third-order valence-electron chi connectivity index (χ3n) is 2.55. The molecule has 0 radical (unpaired) electrons. The summed E-state index contributed by atoms with van der Waals surface area (Å²) in [5.74, 6) is 0. The molecule has 0 fully saturated rings. The fraction of sp³-hybridized carbons (Fsp3) is 0.250. The van der Waals surface area contributed by atoms with Gasteiger partial charge in [0.15, 0.2) is 0 Å². The molecule has 0 aliphatic rings. The van der Waals surface area contributed by atoms with E-state index in [1.54, 1.807) is 17.1 Å². The molecule has 1 aromatic carbocycles. The fourth-order valence-electron chi connectivity index (χ4n) is 1.82. The maximum Gasteiger partial charge on any atom is 0.0790 e. The molecule has 0 amide bonds. The zero-order valence-electron chi connectivity index (χ0n) is 9.24. The van der Waals surface area contributed by atoms with Crippen molar-refractivity contribution in [1.29, 1.82) is 0 Å². The topological polar surface area (TPSA) is 38.0 Å². The van der Waals surface area contributed by atoms with Crippen molar-refractivity contribution in [3.63, 3.8) is 0 Å². The van der Waals surface area contributed by atoms with E-state index < -0.39 is 0 Å². The smallest absolute Gasteiger partial charge is 0.0790 e. The molecule has 0 aliphatic heterocycles. The predicted molar refractivity (Wildman–Crippen MR) is 64.0 cm³/mol. The van der Waals surface area contributed by atoms with Crippen molar-refractivity contribution in [3.05, 3.63) is 46.2 Å². The van der Waals surface area contributed by atoms with Crippen molar-refractivity contribution in [2.75, 3.05) is 0 Å². The van der Waals surface area contributed by atoms with Crippen molar-refractivity contribution in [3.8, 4) is 5.69 Å². The first-order valence-electron chi connectivity index (χ1n) is 5.03. The number of aromatic nitrogens is 2. The average molecular weight is 237 g/mol. The molecule has 0 aliphatic carbocycles. The number of halogens is 1. The largest absolute Gasteiger partial charge is 0.392 e. The van der Waals surface area contributed by atoms with Gasteiger partial charge in [-0.05, 0) is 31.0 Å². The fourth-order valence-corrected chi connectivity index (χ4v) is 1.95. The van der Waals surface area contributed by atoms with Gasteiger partial charge in [0.05, 0.1) is 23.5 Å². The Bertz CT molecular complexity index is 520. The lowest BCUT2D eigenvalue weighted by atomic mass is 10.0. The van der Waals surface area contributed by atoms with Crippen LogP contribution in [-0.2, 0) is 6.61 Å². The normalized spacial score (nSPS) is 10.8. The van der Waals surface area contributed by atoms with Gasteiger partial charge in [0.1, 0.15) is 0 Å². The zero-order valence-corrected chi connectivity index (χ0v) is 9.99. The van der Waals surface area contributed by atoms with Crippen molar-refractivity contribution in [1.82, 2.24) is 9.78 Å². The third kappa shape index (κ3) is 1.96. The minimum Gasteiger partial charge on any atom is -0.392 e. The molecule has 0 bridgehead atoms. The maximum absolute atomic E-state index is 9.38. The molecule has 16 heavy (non-hydrogen) atoms. The molecule has 0 atom stereocenters. The Balaban J connectivity index is 2.63. The molecule has 3 nitrogen and oxygen atoms in total. The van der Waals surface area contributed by atoms with Gasteiger partial charge in [-0.1, -0.05) is 17.7 Å². The van der Waals surface area contributed by atoms with E-state index in [4.69, 9.17) is 11.6 Å². The second-order valence-electron chi connectivity index (χ2n) is 3.84. The molecule has 0 saturated carbocycles. The number of aryl methyl sites for hydroxylation is 2. The van der Waals surface area contributed by atoms with E-state index in [1.165, 1.54) is 0 Å². The van der Waals surface area contributed by atoms with E-state index >= 15 is 0 Å². The Morgan fingerprint density at radius 2 is 2.12 bits per heavy atom. The molecule has 2 aromatic rings. The first-order chi connectivity index (χ1) is 7.61. The number of rotatable bonds is 2. The van der Waals surface area contributed by atoms with Crippen molar-refractivity contribution in [2.45, 2.75) is 20.5 Å². The Morgan fingerprint density at radius 1 is 1.38 bits per heavy atom. The molecule has 1 aromatic heterocycles. The predicted octanol–water partition coefficient (Wildman–Crippen LogP) is 2.63. The van der Waals surface area contributed by atoms with E-state index in [-0.39, 0.29) is 6.61 Å². The van der Waals surface area contributed by atoms with Gasteiger partial charge >= 0.3 is 0 Å². The van der Waals surface area contributed by atoms with Gasteiger partial charge in [0, 0.05) is 11.8 Å². The molecule has 4 heteroatoms. The minimum absolute atomic E-state index is 0.00107. The van der Waals surface area contributed by atoms with Crippen LogP contribution >= 0.6 is 11.6 Å². The molecular formula is C12H13ClN2O. The summed E-state index contributed by atoms with van der Waals surface area (Å²) in [7, 11) is 0. The SMILES string of the molecule is Cc1cc(C)c(CO)c(-n2cc(Cl)cn2)c1. The standard InChI is InChI=1S/C12H13ClN2O/c1-8-3-9(2)11(7-16)12(4-8)15-6-10(13)5-14-15/h3-6,16H,7H2,1-2H3. The quantitative estimate of drug-likeness (QED) is 0.871. The average Bonchev–Trinajstić information content (AvgIpc) is 2.63. The van der Waals surface area contributed by atoms with Crippen LogP contribution in [0.25, 0.3) is 5.69 Å². The van der Waals surface area contributed by atoms with Crippen molar-refractivity contribution >= 4 is 11.6 Å². The summed E-state index contributed by atoms with van der Waals surface area (Å²) in [6.07, 6.45) is 3.31. The van der Waals surface area contributed by atoms with Gasteiger partial charge in [0.2, 0.25) is 0 Å². The van der Waals surface area contributed by atoms with Crippen LogP contribution in [0.3, 0.4) is 0 Å². The second kappa shape index (κ2) is 4.28. The summed E-state index contributed by atoms with van der Waals surface area (Å²) in [4.78, 5) is 0. The molecule has 0 spiro atoms. The zero-order chi connectivity index (χ0) is 11.7. The second-order valence-corrected chi connectivity index (χ2v) is 4.28. The summed E-state index contributed by atoms with van der Waals surface area (Å²) < 4.78 is 1.69. The molecule has 2 rings (SSSR count). The molecule has 1 N–H and O–H groups in total. The summed E-state index contributed by atoms with van der Waals surface area (Å²) in [5.41, 5.74) is 3.96. The summed E-state index contributed by atoms with van der Waals surface area (Å²) in [6.45, 7) is 3.99. The van der Waals surface area contributed by atoms with Crippen LogP contribution in [0, 0.1) is 13.8 Å². The highest BCUT2D eigenvalue weighted by atomic mass is 35.5. The number of hydrogen-bond donors (Lipinski definition) is 1. The molecular weight excluding hydrogens is 224 g/mol. The van der Waals surface area contributed by atoms with Crippen LogP contribution in [0.4, 0.5) is 0 Å². The van der Waals surface area contributed by atoms with Gasteiger partial charge < -0.3 is 5.11 Å². The van der Waals surface area contributed by atoms with Crippen LogP contribution in [0.15, 0.2) is 24.5 Å². The molecule has 1 heterocycles. The van der Waals surface area contributed by atoms with Gasteiger partial charge in [-0.25, -0.2) is 4.68 Å². The summed E-state index contributed by atoms with van der Waals surface area (Å²) >= 11 is 5.84. The van der Waals surface area contributed by atoms with E-state index in [1.807, 2.05) is 26.0 Å². The Morgan fingerprint density at radius 3 is 2.69 bits per heavy atom. The molecule has 84 valence electrons. The first-order valence-corrected chi connectivity index (χ1v) is 5.41. The monoisotopic (exact) mass is 236 g/mol. The van der Waals surface area contributed by atoms with E-state index in [0.717, 1.165) is 22.4 Å². The lowest BCUT2D eigenvalue weighted by molar-refractivity contribution is 0.280. The number of aliphatic hydroxyl groups excluding tert-OH is 1. The van der Waals surface area contributed by atoms with E-state index in [0.29, 0.717) is 5.02 Å². The van der Waals surface area contributed by atoms with Gasteiger partial charge in [-0.3, -0.25) is 0 Å². The van der Waals surface area contributed by atoms with Gasteiger partial charge in [-0.15, -0.1) is 0 Å². The molecule has 0 saturated heterocycles. The molecule has 0 unspecified atom stereocenters. The highest BCUT2D eigenvalue weighted by Crippen LogP contribution is 2.21. The van der Waals surface area contributed by atoms with Crippen LogP contribution in [0.5, 0.6) is 0 Å². The van der Waals surface area contributed by atoms with Crippen LogP contribution in [0.1, 0.15) is 16.7 Å². The van der Waals surface area contributed by atoms with E-state index in [9.17, 15) is 5.11 Å². The summed E-state index contributed by atoms with van der Waals surface area (Å²) in [5, 5.41) is 14.1. The highest BCUT2D eigenvalue weighted by Gasteiger charge is 2.09. The first kappa shape index (κ1) is 11.2. The lowest BCUT2D eigenvalue weighted by Crippen LogP contribution is -2.03. The van der Waals surface area contributed by atoms with Crippen molar-refractivity contribution in [2.24, 2.45) is 0 Å². The van der Waals surface area contributed by atoms with Crippen LogP contribution in [-0.4, -0.2) is 14.9 Å². The van der Waals surface area contributed by atoms with Crippen LogP contribution < -0.4 is 0 Å². The summed E-state index contributed by atoms with van der Waals surface area (Å²) in [6, 6.07) is 4.03. The Labute approximate surface area is 99.3 Å². The van der Waals surface area contributed by atoms with Crippen molar-refractivity contribution < 1.29 is 5.11 Å². The highest BCUT2D eigenvalue weighted by molar-refractivity contribution is 6.30. The van der Waals surface area contributed by atoms with Crippen LogP contribution in [0.2, 0.25) is 5.02 Å². The Hall–Kier alpha value is -1.32. The minimum atomic E-state index is -0.00107. The number of aliphatic hydroxyl groups is 1. The Kier molecular flexibility index (Phi) is 2.99. The van der Waals surface area contributed by atoms with Gasteiger partial charge in [-0.2, -0.15) is 5.10 Å². The number of nitrogens with zero attached hydrogens (tertiary/aromatic N) is 2. The maximum atomic E-state index is 9.38. The third-order valence-corrected chi connectivity index (χ3v) is 2.74. The van der Waals surface area contributed by atoms with E-state index in [2.05, 4.69) is 5.10 Å². The lowest BCUT2D eigenvalue weighted by Gasteiger charge is -2.11. The number of benzene rings is 1.